The molecule has 0 spiro atoms. The highest BCUT2D eigenvalue weighted by Gasteiger charge is 2.76. The molecule has 0 radical (unpaired) electrons. The van der Waals surface area contributed by atoms with Crippen molar-refractivity contribution in [2.24, 2.45) is 34.5 Å². The Bertz CT molecular complexity index is 841. The lowest BCUT2D eigenvalue weighted by Crippen LogP contribution is -2.79. The van der Waals surface area contributed by atoms with Gasteiger partial charge in [0.15, 0.2) is 0 Å². The molecular weight excluding hydrogens is 436 g/mol. The molecule has 0 saturated heterocycles. The van der Waals surface area contributed by atoms with Crippen molar-refractivity contribution in [3.05, 3.63) is 23.8 Å². The molecule has 0 heterocycles. The van der Waals surface area contributed by atoms with Crippen molar-refractivity contribution < 1.29 is 35.7 Å². The first-order valence-electron chi connectivity index (χ1n) is 12.9. The third-order valence-electron chi connectivity index (χ3n) is 10.2. The van der Waals surface area contributed by atoms with E-state index in [9.17, 15) is 35.7 Å². The van der Waals surface area contributed by atoms with Crippen LogP contribution in [0.15, 0.2) is 23.8 Å². The zero-order valence-electron chi connectivity index (χ0n) is 20.9. The fraction of sp³-hybridized carbons (Fsp3) is 0.852. The molecule has 7 N–H and O–H groups in total. The second-order valence-electron chi connectivity index (χ2n) is 12.4. The maximum absolute atomic E-state index is 12.2. The number of hydrogen-bond donors (Lipinski definition) is 7. The molecule has 7 nitrogen and oxygen atoms in total. The summed E-state index contributed by atoms with van der Waals surface area (Å²) >= 11 is 0. The summed E-state index contributed by atoms with van der Waals surface area (Å²) < 4.78 is 0. The second kappa shape index (κ2) is 8.65. The maximum atomic E-state index is 12.2. The van der Waals surface area contributed by atoms with Crippen LogP contribution in [0.4, 0.5) is 0 Å². The largest absolute Gasteiger partial charge is 0.396 e. The summed E-state index contributed by atoms with van der Waals surface area (Å²) in [5.74, 6) is 0.978. The third kappa shape index (κ3) is 3.35. The molecule has 0 aliphatic heterocycles. The molecule has 34 heavy (non-hydrogen) atoms. The van der Waals surface area contributed by atoms with Crippen molar-refractivity contribution in [2.45, 2.75) is 102 Å². The van der Waals surface area contributed by atoms with Crippen molar-refractivity contribution >= 4 is 0 Å². The van der Waals surface area contributed by atoms with Gasteiger partial charge in [0.1, 0.15) is 17.3 Å². The van der Waals surface area contributed by atoms with E-state index in [0.29, 0.717) is 11.5 Å². The van der Waals surface area contributed by atoms with E-state index in [1.807, 2.05) is 0 Å². The zero-order valence-corrected chi connectivity index (χ0v) is 20.9. The Balaban J connectivity index is 1.77. The molecule has 3 fully saturated rings. The van der Waals surface area contributed by atoms with E-state index >= 15 is 0 Å². The first kappa shape index (κ1) is 26.3. The Morgan fingerprint density at radius 1 is 1.00 bits per heavy atom. The van der Waals surface area contributed by atoms with Crippen LogP contribution in [-0.2, 0) is 0 Å². The van der Waals surface area contributed by atoms with Crippen LogP contribution in [0.5, 0.6) is 0 Å². The van der Waals surface area contributed by atoms with Gasteiger partial charge in [-0.25, -0.2) is 0 Å². The molecule has 0 amide bonds. The van der Waals surface area contributed by atoms with Gasteiger partial charge in [0.2, 0.25) is 0 Å². The molecule has 0 bridgehead atoms. The summed E-state index contributed by atoms with van der Waals surface area (Å²) in [5.41, 5.74) is -5.78. The van der Waals surface area contributed by atoms with Gasteiger partial charge in [-0.1, -0.05) is 45.9 Å². The fourth-order valence-corrected chi connectivity index (χ4v) is 8.33. The monoisotopic (exact) mass is 480 g/mol. The summed E-state index contributed by atoms with van der Waals surface area (Å²) in [7, 11) is 0. The van der Waals surface area contributed by atoms with Crippen molar-refractivity contribution in [2.75, 3.05) is 6.61 Å². The fourth-order valence-electron chi connectivity index (χ4n) is 8.33. The van der Waals surface area contributed by atoms with Crippen LogP contribution in [0.2, 0.25) is 0 Å². The average molecular weight is 481 g/mol. The number of aliphatic hydroxyl groups excluding tert-OH is 5. The third-order valence-corrected chi connectivity index (χ3v) is 10.2. The van der Waals surface area contributed by atoms with Crippen LogP contribution in [0.25, 0.3) is 0 Å². The Morgan fingerprint density at radius 3 is 2.26 bits per heavy atom. The molecule has 7 heteroatoms. The zero-order chi connectivity index (χ0) is 25.3. The lowest BCUT2D eigenvalue weighted by atomic mass is 9.42. The molecule has 4 aliphatic rings. The molecule has 11 atom stereocenters. The van der Waals surface area contributed by atoms with Crippen molar-refractivity contribution in [3.8, 4) is 0 Å². The van der Waals surface area contributed by atoms with Crippen molar-refractivity contribution in [1.29, 1.82) is 0 Å². The van der Waals surface area contributed by atoms with Gasteiger partial charge in [-0.2, -0.15) is 0 Å². The van der Waals surface area contributed by atoms with Crippen LogP contribution in [0.3, 0.4) is 0 Å². The van der Waals surface area contributed by atoms with E-state index in [1.165, 1.54) is 6.08 Å². The Morgan fingerprint density at radius 2 is 1.65 bits per heavy atom. The van der Waals surface area contributed by atoms with Gasteiger partial charge in [0.25, 0.3) is 0 Å². The molecule has 194 valence electrons. The molecular formula is C27H44O7. The SMILES string of the molecule is CC(C)C/C=C/[C@@H](C)[C@H]1CC[C@H]2C3=C[C@@H](O)[C@@]4(O)C[C@@H](O)[C@H](O)C[C@]4(CO)[C@@]3(O)[C@H](O)C[C@]12C. The number of aliphatic hydroxyl groups is 7. The smallest absolute Gasteiger partial charge is 0.123 e. The average Bonchev–Trinajstić information content (AvgIpc) is 3.09. The molecule has 0 aromatic rings. The minimum absolute atomic E-state index is 0.140. The van der Waals surface area contributed by atoms with Gasteiger partial charge < -0.3 is 35.7 Å². The highest BCUT2D eigenvalue weighted by molar-refractivity contribution is 5.43. The Kier molecular flexibility index (Phi) is 6.68. The number of fused-ring (bicyclic) bond motifs is 5. The number of hydrogen-bond acceptors (Lipinski definition) is 7. The Labute approximate surface area is 202 Å². The van der Waals surface area contributed by atoms with Crippen LogP contribution >= 0.6 is 0 Å². The lowest BCUT2D eigenvalue weighted by molar-refractivity contribution is -0.310. The Hall–Kier alpha value is -0.800. The van der Waals surface area contributed by atoms with Gasteiger partial charge in [-0.3, -0.25) is 0 Å². The normalized spacial score (nSPS) is 51.7. The maximum Gasteiger partial charge on any atom is 0.123 e. The molecule has 0 unspecified atom stereocenters. The molecule has 4 rings (SSSR count). The van der Waals surface area contributed by atoms with Gasteiger partial charge in [0, 0.05) is 6.42 Å². The first-order chi connectivity index (χ1) is 15.8. The van der Waals surface area contributed by atoms with E-state index < -0.39 is 54.1 Å². The van der Waals surface area contributed by atoms with E-state index in [-0.39, 0.29) is 36.0 Å². The van der Waals surface area contributed by atoms with Crippen LogP contribution in [-0.4, -0.2) is 78.0 Å². The van der Waals surface area contributed by atoms with Crippen LogP contribution in [0.1, 0.15) is 66.2 Å². The van der Waals surface area contributed by atoms with Crippen LogP contribution in [0, 0.1) is 34.5 Å². The summed E-state index contributed by atoms with van der Waals surface area (Å²) in [4.78, 5) is 0. The number of rotatable bonds is 5. The van der Waals surface area contributed by atoms with Gasteiger partial charge >= 0.3 is 0 Å². The molecule has 4 aliphatic carbocycles. The van der Waals surface area contributed by atoms with E-state index in [1.54, 1.807) is 0 Å². The summed E-state index contributed by atoms with van der Waals surface area (Å²) in [6.07, 6.45) is 2.80. The van der Waals surface area contributed by atoms with E-state index in [4.69, 9.17) is 0 Å². The van der Waals surface area contributed by atoms with Gasteiger partial charge in [0.05, 0.1) is 30.3 Å². The van der Waals surface area contributed by atoms with Gasteiger partial charge in [-0.15, -0.1) is 0 Å². The summed E-state index contributed by atoms with van der Waals surface area (Å²) in [6, 6.07) is 0. The minimum Gasteiger partial charge on any atom is -0.396 e. The molecule has 3 saturated carbocycles. The predicted molar refractivity (Wildman–Crippen MR) is 127 cm³/mol. The quantitative estimate of drug-likeness (QED) is 0.294. The molecule has 0 aromatic carbocycles. The summed E-state index contributed by atoms with van der Waals surface area (Å²) in [6.45, 7) is 7.96. The van der Waals surface area contributed by atoms with E-state index in [0.717, 1.165) is 19.3 Å². The van der Waals surface area contributed by atoms with E-state index in [2.05, 4.69) is 39.8 Å². The molecule has 0 aromatic heterocycles. The minimum atomic E-state index is -2.09. The highest BCUT2D eigenvalue weighted by Crippen LogP contribution is 2.69. The highest BCUT2D eigenvalue weighted by atomic mass is 16.4. The first-order valence-corrected chi connectivity index (χ1v) is 12.9. The van der Waals surface area contributed by atoms with Crippen molar-refractivity contribution in [1.82, 2.24) is 0 Å². The standard InChI is InChI=1S/C27H44O7/c1-15(2)6-5-7-16(3)17-8-9-18-19-10-22(31)26(33)12-21(30)20(29)11-25(26,14-28)27(19,34)23(32)13-24(17,18)4/h5,7,10,15-18,20-23,28-34H,6,8-9,11-14H2,1-4H3/b7-5+/t16-,17-,18+,20-,21-,22-,23-,24-,25-,26+,27+/m1/s1. The number of allylic oxidation sites excluding steroid dienone is 2. The summed E-state index contributed by atoms with van der Waals surface area (Å²) in [5, 5.41) is 77.9. The van der Waals surface area contributed by atoms with Gasteiger partial charge in [-0.05, 0) is 66.8 Å². The van der Waals surface area contributed by atoms with Crippen LogP contribution < -0.4 is 0 Å². The predicted octanol–water partition coefficient (Wildman–Crippen LogP) is 1.28. The topological polar surface area (TPSA) is 142 Å². The lowest BCUT2D eigenvalue weighted by Gasteiger charge is -2.67. The van der Waals surface area contributed by atoms with Crippen molar-refractivity contribution in [3.63, 3.8) is 0 Å². The second-order valence-corrected chi connectivity index (χ2v) is 12.4.